The highest BCUT2D eigenvalue weighted by molar-refractivity contribution is 6.26. The summed E-state index contributed by atoms with van der Waals surface area (Å²) in [7, 11) is 2.51. The second-order valence-electron chi connectivity index (χ2n) is 7.51. The first kappa shape index (κ1) is 24.0. The van der Waals surface area contributed by atoms with Gasteiger partial charge in [0, 0.05) is 5.57 Å². The van der Waals surface area contributed by atoms with Gasteiger partial charge >= 0.3 is 11.9 Å². The Labute approximate surface area is 181 Å². The van der Waals surface area contributed by atoms with Crippen molar-refractivity contribution in [3.8, 4) is 0 Å². The van der Waals surface area contributed by atoms with Crippen LogP contribution in [0.5, 0.6) is 0 Å². The summed E-state index contributed by atoms with van der Waals surface area (Å²) in [5, 5.41) is 0. The van der Waals surface area contributed by atoms with Crippen LogP contribution in [0.4, 0.5) is 0 Å². The minimum Gasteiger partial charge on any atom is -0.467 e. The number of ketones is 2. The lowest BCUT2D eigenvalue weighted by Gasteiger charge is -2.38. The van der Waals surface area contributed by atoms with Gasteiger partial charge in [-0.1, -0.05) is 32.4 Å². The first-order valence-electron chi connectivity index (χ1n) is 9.98. The quantitative estimate of drug-likeness (QED) is 0.371. The predicted octanol–water partition coefficient (Wildman–Crippen LogP) is 2.06. The van der Waals surface area contributed by atoms with Gasteiger partial charge in [0.15, 0.2) is 11.7 Å². The average molecular weight is 429 g/mol. The maximum atomic E-state index is 13.0. The van der Waals surface area contributed by atoms with Crippen molar-refractivity contribution in [3.05, 3.63) is 41.0 Å². The van der Waals surface area contributed by atoms with Gasteiger partial charge in [0.25, 0.3) is 0 Å². The van der Waals surface area contributed by atoms with Crippen LogP contribution in [0.2, 0.25) is 0 Å². The Hall–Kier alpha value is -3.29. The molecule has 0 bridgehead atoms. The molecule has 1 aromatic rings. The number of benzene rings is 1. The summed E-state index contributed by atoms with van der Waals surface area (Å²) in [5.74, 6) is -4.68. The predicted molar refractivity (Wildman–Crippen MR) is 112 cm³/mol. The van der Waals surface area contributed by atoms with Gasteiger partial charge in [0.2, 0.25) is 5.91 Å². The summed E-state index contributed by atoms with van der Waals surface area (Å²) in [6.45, 7) is 4.75. The molecule has 0 spiro atoms. The molecule has 3 unspecified atom stereocenters. The molecule has 0 aliphatic carbocycles. The molecule has 31 heavy (non-hydrogen) atoms. The van der Waals surface area contributed by atoms with E-state index in [1.807, 2.05) is 13.8 Å². The fourth-order valence-corrected chi connectivity index (χ4v) is 3.56. The van der Waals surface area contributed by atoms with Crippen LogP contribution in [-0.4, -0.2) is 61.1 Å². The van der Waals surface area contributed by atoms with E-state index in [0.717, 1.165) is 0 Å². The van der Waals surface area contributed by atoms with E-state index in [-0.39, 0.29) is 18.0 Å². The first-order chi connectivity index (χ1) is 14.7. The Kier molecular flexibility index (Phi) is 7.85. The fraction of sp³-hybridized carbons (Fsp3) is 0.435. The van der Waals surface area contributed by atoms with Crippen molar-refractivity contribution < 1.29 is 33.4 Å². The average Bonchev–Trinajstić information content (AvgIpc) is 2.76. The van der Waals surface area contributed by atoms with Crippen LogP contribution in [0.15, 0.2) is 29.8 Å². The van der Waals surface area contributed by atoms with Gasteiger partial charge < -0.3 is 14.4 Å². The maximum absolute atomic E-state index is 13.0. The standard InChI is InChI=1S/C23H27NO7/c1-6-13(2)19(23(29)31-5)24-12-17(20(26)18(14(3)25)21(24)27)11-15-7-9-16(10-8-15)22(28)30-4/h7-11,13,18-19H,6,12H2,1-5H3/b17-11-. The van der Waals surface area contributed by atoms with E-state index in [1.165, 1.54) is 26.0 Å². The summed E-state index contributed by atoms with van der Waals surface area (Å²) >= 11 is 0. The molecule has 1 heterocycles. The number of hydrogen-bond donors (Lipinski definition) is 0. The molecule has 8 heteroatoms. The highest BCUT2D eigenvalue weighted by Gasteiger charge is 2.46. The second kappa shape index (κ2) is 10.1. The van der Waals surface area contributed by atoms with Crippen LogP contribution in [0, 0.1) is 11.8 Å². The van der Waals surface area contributed by atoms with E-state index < -0.39 is 41.4 Å². The molecule has 0 N–H and O–H groups in total. The van der Waals surface area contributed by atoms with Crippen LogP contribution < -0.4 is 0 Å². The SMILES string of the molecule is CCC(C)C(C(=O)OC)N1C/C(=C/c2ccc(C(=O)OC)cc2)C(=O)C(C(C)=O)C1=O. The lowest BCUT2D eigenvalue weighted by atomic mass is 9.85. The van der Waals surface area contributed by atoms with Crippen LogP contribution in [0.1, 0.15) is 43.1 Å². The molecule has 3 atom stereocenters. The zero-order valence-electron chi connectivity index (χ0n) is 18.3. The third-order valence-electron chi connectivity index (χ3n) is 5.49. The van der Waals surface area contributed by atoms with Crippen molar-refractivity contribution in [1.29, 1.82) is 0 Å². The summed E-state index contributed by atoms with van der Waals surface area (Å²) in [6, 6.07) is 5.44. The van der Waals surface area contributed by atoms with Crippen molar-refractivity contribution in [1.82, 2.24) is 4.90 Å². The molecule has 8 nitrogen and oxygen atoms in total. The molecule has 1 amide bonds. The number of methoxy groups -OCH3 is 2. The lowest BCUT2D eigenvalue weighted by molar-refractivity contribution is -0.160. The summed E-state index contributed by atoms with van der Waals surface area (Å²) in [6.07, 6.45) is 2.15. The molecule has 1 aliphatic rings. The number of ether oxygens (including phenoxy) is 2. The Morgan fingerprint density at radius 1 is 1.13 bits per heavy atom. The van der Waals surface area contributed by atoms with Gasteiger partial charge in [-0.05, 0) is 36.6 Å². The zero-order valence-corrected chi connectivity index (χ0v) is 18.3. The Bertz CT molecular complexity index is 916. The maximum Gasteiger partial charge on any atom is 0.337 e. The van der Waals surface area contributed by atoms with E-state index >= 15 is 0 Å². The molecule has 1 aliphatic heterocycles. The number of carbonyl (C=O) groups is 5. The van der Waals surface area contributed by atoms with Crippen molar-refractivity contribution in [3.63, 3.8) is 0 Å². The minimum absolute atomic E-state index is 0.121. The number of nitrogens with zero attached hydrogens (tertiary/aromatic N) is 1. The van der Waals surface area contributed by atoms with E-state index in [0.29, 0.717) is 17.5 Å². The highest BCUT2D eigenvalue weighted by Crippen LogP contribution is 2.28. The summed E-state index contributed by atoms with van der Waals surface area (Å²) in [4.78, 5) is 63.4. The Balaban J connectivity index is 2.49. The number of piperidine rings is 1. The zero-order chi connectivity index (χ0) is 23.3. The number of hydrogen-bond acceptors (Lipinski definition) is 7. The second-order valence-corrected chi connectivity index (χ2v) is 7.51. The lowest BCUT2D eigenvalue weighted by Crippen LogP contribution is -2.57. The number of esters is 2. The summed E-state index contributed by atoms with van der Waals surface area (Å²) in [5.41, 5.74) is 1.18. The topological polar surface area (TPSA) is 107 Å². The van der Waals surface area contributed by atoms with Gasteiger partial charge in [-0.3, -0.25) is 14.4 Å². The smallest absolute Gasteiger partial charge is 0.337 e. The molecular formula is C23H27NO7. The Morgan fingerprint density at radius 2 is 1.74 bits per heavy atom. The molecule has 1 aromatic carbocycles. The molecular weight excluding hydrogens is 402 g/mol. The molecule has 1 fully saturated rings. The number of carbonyl (C=O) groups excluding carboxylic acids is 5. The fourth-order valence-electron chi connectivity index (χ4n) is 3.56. The van der Waals surface area contributed by atoms with Crippen LogP contribution in [-0.2, 0) is 28.7 Å². The molecule has 166 valence electrons. The highest BCUT2D eigenvalue weighted by atomic mass is 16.5. The van der Waals surface area contributed by atoms with Crippen molar-refractivity contribution >= 4 is 35.5 Å². The van der Waals surface area contributed by atoms with Gasteiger partial charge in [0.05, 0.1) is 26.3 Å². The minimum atomic E-state index is -1.49. The normalized spacial score (nSPS) is 19.7. The summed E-state index contributed by atoms with van der Waals surface area (Å²) < 4.78 is 9.56. The Morgan fingerprint density at radius 3 is 2.23 bits per heavy atom. The van der Waals surface area contributed by atoms with Gasteiger partial charge in [0.1, 0.15) is 11.8 Å². The molecule has 0 radical (unpaired) electrons. The molecule has 0 saturated carbocycles. The third kappa shape index (κ3) is 5.07. The van der Waals surface area contributed by atoms with Crippen molar-refractivity contribution in [2.45, 2.75) is 33.2 Å². The van der Waals surface area contributed by atoms with Crippen LogP contribution in [0.3, 0.4) is 0 Å². The monoisotopic (exact) mass is 429 g/mol. The van der Waals surface area contributed by atoms with Gasteiger partial charge in [-0.15, -0.1) is 0 Å². The third-order valence-corrected chi connectivity index (χ3v) is 5.49. The van der Waals surface area contributed by atoms with Crippen molar-refractivity contribution in [2.75, 3.05) is 20.8 Å². The van der Waals surface area contributed by atoms with E-state index in [2.05, 4.69) is 4.74 Å². The van der Waals surface area contributed by atoms with E-state index in [9.17, 15) is 24.0 Å². The van der Waals surface area contributed by atoms with Crippen LogP contribution in [0.25, 0.3) is 6.08 Å². The van der Waals surface area contributed by atoms with Crippen molar-refractivity contribution in [2.24, 2.45) is 11.8 Å². The van der Waals surface area contributed by atoms with Gasteiger partial charge in [-0.2, -0.15) is 0 Å². The first-order valence-corrected chi connectivity index (χ1v) is 9.98. The number of amides is 1. The van der Waals surface area contributed by atoms with E-state index in [1.54, 1.807) is 30.3 Å². The number of Topliss-reactive ketones (excluding diaryl/α,β-unsaturated/α-hetero) is 2. The molecule has 0 aromatic heterocycles. The molecule has 2 rings (SSSR count). The largest absolute Gasteiger partial charge is 0.467 e. The van der Waals surface area contributed by atoms with Gasteiger partial charge in [-0.25, -0.2) is 9.59 Å². The van der Waals surface area contributed by atoms with Crippen LogP contribution >= 0.6 is 0 Å². The van der Waals surface area contributed by atoms with E-state index in [4.69, 9.17) is 4.74 Å². The molecule has 1 saturated heterocycles. The number of likely N-dealkylation sites (tertiary alicyclic amines) is 1. The number of rotatable bonds is 7.